The molecular weight excluding hydrogens is 176 g/mol. The van der Waals surface area contributed by atoms with E-state index in [2.05, 4.69) is 12.1 Å². The van der Waals surface area contributed by atoms with Crippen molar-refractivity contribution in [2.75, 3.05) is 13.7 Å². The van der Waals surface area contributed by atoms with E-state index < -0.39 is 0 Å². The first-order valence-electron chi connectivity index (χ1n) is 5.13. The minimum atomic E-state index is 0.263. The van der Waals surface area contributed by atoms with Crippen LogP contribution in [0.2, 0.25) is 0 Å². The van der Waals surface area contributed by atoms with Gasteiger partial charge < -0.3 is 9.84 Å². The quantitative estimate of drug-likeness (QED) is 0.777. The smallest absolute Gasteiger partial charge is 0.119 e. The highest BCUT2D eigenvalue weighted by Crippen LogP contribution is 2.33. The molecule has 0 fully saturated rings. The highest BCUT2D eigenvalue weighted by Gasteiger charge is 2.19. The molecule has 0 heterocycles. The van der Waals surface area contributed by atoms with E-state index >= 15 is 0 Å². The fourth-order valence-electron chi connectivity index (χ4n) is 2.21. The van der Waals surface area contributed by atoms with Gasteiger partial charge in [0.05, 0.1) is 7.11 Å². The number of rotatable bonds is 2. The Hall–Kier alpha value is -1.02. The maximum atomic E-state index is 9.23. The molecule has 0 aliphatic heterocycles. The van der Waals surface area contributed by atoms with Crippen molar-refractivity contribution in [3.63, 3.8) is 0 Å². The molecule has 14 heavy (non-hydrogen) atoms. The third kappa shape index (κ3) is 1.62. The highest BCUT2D eigenvalue weighted by atomic mass is 16.5. The molecular formula is C12H16O2. The fourth-order valence-corrected chi connectivity index (χ4v) is 2.21. The van der Waals surface area contributed by atoms with Crippen molar-refractivity contribution < 1.29 is 9.84 Å². The molecule has 1 unspecified atom stereocenters. The van der Waals surface area contributed by atoms with E-state index in [1.807, 2.05) is 6.07 Å². The van der Waals surface area contributed by atoms with Crippen molar-refractivity contribution in [2.45, 2.75) is 25.2 Å². The summed E-state index contributed by atoms with van der Waals surface area (Å²) in [5.41, 5.74) is 2.65. The van der Waals surface area contributed by atoms with Crippen LogP contribution in [0, 0.1) is 0 Å². The molecule has 1 atom stereocenters. The standard InChI is InChI=1S/C12H16O2/c1-14-11-5-6-12-9(7-11)3-2-4-10(12)8-13/h5-7,10,13H,2-4,8H2,1H3. The predicted molar refractivity (Wildman–Crippen MR) is 55.8 cm³/mol. The molecule has 1 aromatic rings. The SMILES string of the molecule is COc1ccc2c(c1)CCCC2CO. The Morgan fingerprint density at radius 3 is 3.07 bits per heavy atom. The number of aryl methyl sites for hydroxylation is 1. The summed E-state index contributed by atoms with van der Waals surface area (Å²) in [5.74, 6) is 1.26. The molecule has 0 bridgehead atoms. The molecule has 2 nitrogen and oxygen atoms in total. The van der Waals surface area contributed by atoms with Gasteiger partial charge in [-0.1, -0.05) is 6.07 Å². The van der Waals surface area contributed by atoms with Gasteiger partial charge in [-0.3, -0.25) is 0 Å². The molecule has 0 amide bonds. The van der Waals surface area contributed by atoms with Crippen LogP contribution in [0.1, 0.15) is 29.9 Å². The lowest BCUT2D eigenvalue weighted by Crippen LogP contribution is -2.12. The first-order chi connectivity index (χ1) is 6.85. The summed E-state index contributed by atoms with van der Waals surface area (Å²) in [6.07, 6.45) is 3.39. The van der Waals surface area contributed by atoms with Gasteiger partial charge in [0.25, 0.3) is 0 Å². The number of hydrogen-bond donors (Lipinski definition) is 1. The molecule has 0 aromatic heterocycles. The number of aliphatic hydroxyl groups is 1. The molecule has 0 spiro atoms. The normalized spacial score (nSPS) is 20.3. The van der Waals surface area contributed by atoms with Crippen molar-refractivity contribution in [2.24, 2.45) is 0 Å². The van der Waals surface area contributed by atoms with Crippen LogP contribution in [0.15, 0.2) is 18.2 Å². The second-order valence-corrected chi connectivity index (χ2v) is 3.84. The van der Waals surface area contributed by atoms with E-state index in [0.29, 0.717) is 5.92 Å². The van der Waals surface area contributed by atoms with Gasteiger partial charge in [-0.15, -0.1) is 0 Å². The van der Waals surface area contributed by atoms with Crippen LogP contribution in [-0.4, -0.2) is 18.8 Å². The highest BCUT2D eigenvalue weighted by molar-refractivity contribution is 5.39. The van der Waals surface area contributed by atoms with Crippen LogP contribution in [0.25, 0.3) is 0 Å². The van der Waals surface area contributed by atoms with E-state index in [1.165, 1.54) is 17.5 Å². The Morgan fingerprint density at radius 1 is 1.50 bits per heavy atom. The minimum Gasteiger partial charge on any atom is -0.497 e. The summed E-state index contributed by atoms with van der Waals surface area (Å²) >= 11 is 0. The van der Waals surface area contributed by atoms with Crippen molar-refractivity contribution in [1.82, 2.24) is 0 Å². The van der Waals surface area contributed by atoms with Crippen LogP contribution in [-0.2, 0) is 6.42 Å². The maximum absolute atomic E-state index is 9.23. The van der Waals surface area contributed by atoms with Gasteiger partial charge in [0, 0.05) is 12.5 Å². The Kier molecular flexibility index (Phi) is 2.73. The van der Waals surface area contributed by atoms with E-state index in [1.54, 1.807) is 7.11 Å². The van der Waals surface area contributed by atoms with E-state index in [-0.39, 0.29) is 6.61 Å². The first-order valence-corrected chi connectivity index (χ1v) is 5.13. The summed E-state index contributed by atoms with van der Waals surface area (Å²) in [6, 6.07) is 6.16. The average Bonchev–Trinajstić information content (AvgIpc) is 2.27. The summed E-state index contributed by atoms with van der Waals surface area (Å²) in [4.78, 5) is 0. The molecule has 1 aliphatic carbocycles. The summed E-state index contributed by atoms with van der Waals surface area (Å²) in [7, 11) is 1.69. The number of methoxy groups -OCH3 is 1. The van der Waals surface area contributed by atoms with E-state index in [9.17, 15) is 5.11 Å². The zero-order chi connectivity index (χ0) is 9.97. The first kappa shape index (κ1) is 9.53. The molecule has 0 saturated carbocycles. The fraction of sp³-hybridized carbons (Fsp3) is 0.500. The van der Waals surface area contributed by atoms with Crippen LogP contribution in [0.3, 0.4) is 0 Å². The Balaban J connectivity index is 2.35. The van der Waals surface area contributed by atoms with Gasteiger partial charge in [-0.05, 0) is 42.5 Å². The van der Waals surface area contributed by atoms with Gasteiger partial charge in [-0.2, -0.15) is 0 Å². The minimum absolute atomic E-state index is 0.263. The van der Waals surface area contributed by atoms with Crippen LogP contribution in [0.4, 0.5) is 0 Å². The molecule has 1 N–H and O–H groups in total. The monoisotopic (exact) mass is 192 g/mol. The lowest BCUT2D eigenvalue weighted by Gasteiger charge is -2.24. The van der Waals surface area contributed by atoms with Crippen molar-refractivity contribution in [3.8, 4) is 5.75 Å². The van der Waals surface area contributed by atoms with Gasteiger partial charge in [0.1, 0.15) is 5.75 Å². The second kappa shape index (κ2) is 4.01. The molecule has 2 heteroatoms. The van der Waals surface area contributed by atoms with Gasteiger partial charge in [0.15, 0.2) is 0 Å². The Morgan fingerprint density at radius 2 is 2.36 bits per heavy atom. The molecule has 1 aliphatic rings. The van der Waals surface area contributed by atoms with Crippen molar-refractivity contribution in [3.05, 3.63) is 29.3 Å². The molecule has 0 saturated heterocycles. The Bertz CT molecular complexity index is 320. The van der Waals surface area contributed by atoms with E-state index in [0.717, 1.165) is 18.6 Å². The summed E-state index contributed by atoms with van der Waals surface area (Å²) < 4.78 is 5.19. The number of fused-ring (bicyclic) bond motifs is 1. The number of aliphatic hydroxyl groups excluding tert-OH is 1. The summed E-state index contributed by atoms with van der Waals surface area (Å²) in [5, 5.41) is 9.23. The van der Waals surface area contributed by atoms with Crippen molar-refractivity contribution >= 4 is 0 Å². The number of ether oxygens (including phenoxy) is 1. The topological polar surface area (TPSA) is 29.5 Å². The van der Waals surface area contributed by atoms with Crippen molar-refractivity contribution in [1.29, 1.82) is 0 Å². The van der Waals surface area contributed by atoms with Crippen LogP contribution < -0.4 is 4.74 Å². The third-order valence-corrected chi connectivity index (χ3v) is 3.01. The number of benzene rings is 1. The zero-order valence-corrected chi connectivity index (χ0v) is 8.49. The van der Waals surface area contributed by atoms with Gasteiger partial charge in [-0.25, -0.2) is 0 Å². The van der Waals surface area contributed by atoms with Crippen LogP contribution >= 0.6 is 0 Å². The lowest BCUT2D eigenvalue weighted by molar-refractivity contribution is 0.252. The zero-order valence-electron chi connectivity index (χ0n) is 8.49. The Labute approximate surface area is 84.5 Å². The van der Waals surface area contributed by atoms with Gasteiger partial charge in [0.2, 0.25) is 0 Å². The molecule has 0 radical (unpaired) electrons. The van der Waals surface area contributed by atoms with Crippen LogP contribution in [0.5, 0.6) is 5.75 Å². The third-order valence-electron chi connectivity index (χ3n) is 3.01. The van der Waals surface area contributed by atoms with Gasteiger partial charge >= 0.3 is 0 Å². The predicted octanol–water partition coefficient (Wildman–Crippen LogP) is 2.11. The lowest BCUT2D eigenvalue weighted by atomic mass is 9.83. The average molecular weight is 192 g/mol. The summed E-state index contributed by atoms with van der Waals surface area (Å²) in [6.45, 7) is 0.263. The molecule has 1 aromatic carbocycles. The largest absolute Gasteiger partial charge is 0.497 e. The molecule has 76 valence electrons. The van der Waals surface area contributed by atoms with E-state index in [4.69, 9.17) is 4.74 Å². The molecule has 2 rings (SSSR count). The number of hydrogen-bond acceptors (Lipinski definition) is 2. The second-order valence-electron chi connectivity index (χ2n) is 3.84. The maximum Gasteiger partial charge on any atom is 0.119 e.